The van der Waals surface area contributed by atoms with E-state index in [9.17, 15) is 5.11 Å². The molecular weight excluding hydrogens is 226 g/mol. The van der Waals surface area contributed by atoms with Crippen LogP contribution in [0.1, 0.15) is 11.3 Å². The van der Waals surface area contributed by atoms with Gasteiger partial charge in [-0.05, 0) is 36.3 Å². The van der Waals surface area contributed by atoms with Gasteiger partial charge in [0, 0.05) is 6.20 Å². The van der Waals surface area contributed by atoms with Crippen LogP contribution in [0.15, 0.2) is 54.7 Å². The van der Waals surface area contributed by atoms with Crippen LogP contribution in [-0.2, 0) is 6.42 Å². The zero-order valence-corrected chi connectivity index (χ0v) is 10.2. The van der Waals surface area contributed by atoms with Gasteiger partial charge in [-0.3, -0.25) is 4.98 Å². The zero-order chi connectivity index (χ0) is 12.8. The minimum absolute atomic E-state index is 0.182. The Labute approximate surface area is 106 Å². The Hall–Kier alpha value is -2.29. The van der Waals surface area contributed by atoms with Gasteiger partial charge >= 0.3 is 0 Å². The molecule has 1 heterocycles. The van der Waals surface area contributed by atoms with Crippen LogP contribution in [0.2, 0.25) is 0 Å². The number of ether oxygens (including phenoxy) is 1. The van der Waals surface area contributed by atoms with Crippen LogP contribution in [0.25, 0.3) is 5.76 Å². The van der Waals surface area contributed by atoms with E-state index in [0.29, 0.717) is 12.1 Å². The van der Waals surface area contributed by atoms with Crippen LogP contribution in [0, 0.1) is 0 Å². The van der Waals surface area contributed by atoms with Crippen molar-refractivity contribution in [2.45, 2.75) is 6.42 Å². The van der Waals surface area contributed by atoms with Crippen LogP contribution >= 0.6 is 0 Å². The number of hydrogen-bond acceptors (Lipinski definition) is 3. The van der Waals surface area contributed by atoms with Crippen molar-refractivity contribution in [2.75, 3.05) is 7.11 Å². The number of allylic oxidation sites excluding steroid dienone is 1. The first-order valence-corrected chi connectivity index (χ1v) is 5.73. The Morgan fingerprint density at radius 1 is 1.22 bits per heavy atom. The van der Waals surface area contributed by atoms with Crippen LogP contribution in [0.3, 0.4) is 0 Å². The number of aliphatic hydroxyl groups is 1. The summed E-state index contributed by atoms with van der Waals surface area (Å²) in [6, 6.07) is 13.2. The molecule has 92 valence electrons. The molecule has 3 nitrogen and oxygen atoms in total. The van der Waals surface area contributed by atoms with E-state index >= 15 is 0 Å². The number of rotatable bonds is 4. The number of pyridine rings is 1. The molecule has 3 heteroatoms. The van der Waals surface area contributed by atoms with Gasteiger partial charge in [-0.2, -0.15) is 0 Å². The summed E-state index contributed by atoms with van der Waals surface area (Å²) >= 11 is 0. The number of aliphatic hydroxyl groups excluding tert-OH is 1. The number of benzene rings is 1. The number of hydrogen-bond donors (Lipinski definition) is 1. The molecule has 18 heavy (non-hydrogen) atoms. The van der Waals surface area contributed by atoms with E-state index in [1.165, 1.54) is 0 Å². The summed E-state index contributed by atoms with van der Waals surface area (Å²) < 4.78 is 5.26. The lowest BCUT2D eigenvalue weighted by Crippen LogP contribution is -1.92. The Balaban J connectivity index is 2.15. The molecular formula is C15H15NO2. The fraction of sp³-hybridized carbons (Fsp3) is 0.133. The monoisotopic (exact) mass is 241 g/mol. The number of nitrogens with zero attached hydrogens (tertiary/aromatic N) is 1. The van der Waals surface area contributed by atoms with Gasteiger partial charge in [0.2, 0.25) is 0 Å². The quantitative estimate of drug-likeness (QED) is 0.836. The molecule has 0 atom stereocenters. The summed E-state index contributed by atoms with van der Waals surface area (Å²) in [5.41, 5.74) is 1.61. The van der Waals surface area contributed by atoms with Gasteiger partial charge in [0.15, 0.2) is 0 Å². The van der Waals surface area contributed by atoms with Gasteiger partial charge in [-0.1, -0.05) is 24.3 Å². The van der Waals surface area contributed by atoms with E-state index < -0.39 is 0 Å². The summed E-state index contributed by atoms with van der Waals surface area (Å²) in [5, 5.41) is 9.90. The maximum Gasteiger partial charge on any atom is 0.137 e. The van der Waals surface area contributed by atoms with Crippen LogP contribution in [-0.4, -0.2) is 17.2 Å². The molecule has 0 fully saturated rings. The van der Waals surface area contributed by atoms with E-state index in [1.807, 2.05) is 36.4 Å². The Morgan fingerprint density at radius 3 is 2.72 bits per heavy atom. The lowest BCUT2D eigenvalue weighted by molar-refractivity contribution is 0.410. The van der Waals surface area contributed by atoms with Crippen molar-refractivity contribution < 1.29 is 9.84 Å². The van der Waals surface area contributed by atoms with Gasteiger partial charge in [0.25, 0.3) is 0 Å². The van der Waals surface area contributed by atoms with Gasteiger partial charge in [-0.25, -0.2) is 0 Å². The molecule has 0 aliphatic heterocycles. The summed E-state index contributed by atoms with van der Waals surface area (Å²) in [6.45, 7) is 0. The lowest BCUT2D eigenvalue weighted by atomic mass is 10.1. The lowest BCUT2D eigenvalue weighted by Gasteiger charge is -2.06. The minimum atomic E-state index is 0.182. The number of methoxy groups -OCH3 is 1. The second kappa shape index (κ2) is 5.87. The normalized spacial score (nSPS) is 11.3. The van der Waals surface area contributed by atoms with E-state index in [0.717, 1.165) is 11.3 Å². The molecule has 2 rings (SSSR count). The van der Waals surface area contributed by atoms with Crippen LogP contribution < -0.4 is 4.74 Å². The zero-order valence-electron chi connectivity index (χ0n) is 10.2. The molecule has 0 radical (unpaired) electrons. The highest BCUT2D eigenvalue weighted by molar-refractivity contribution is 5.55. The van der Waals surface area contributed by atoms with Crippen LogP contribution in [0.4, 0.5) is 0 Å². The third-order valence-corrected chi connectivity index (χ3v) is 2.64. The van der Waals surface area contributed by atoms with E-state index in [2.05, 4.69) is 4.98 Å². The highest BCUT2D eigenvalue weighted by Crippen LogP contribution is 2.19. The molecule has 0 saturated carbocycles. The van der Waals surface area contributed by atoms with Crippen molar-refractivity contribution in [1.82, 2.24) is 4.98 Å². The fourth-order valence-electron chi connectivity index (χ4n) is 1.70. The van der Waals surface area contributed by atoms with Gasteiger partial charge in [0.1, 0.15) is 17.2 Å². The average Bonchev–Trinajstić information content (AvgIpc) is 2.46. The Morgan fingerprint density at radius 2 is 2.00 bits per heavy atom. The van der Waals surface area contributed by atoms with Crippen LogP contribution in [0.5, 0.6) is 5.75 Å². The van der Waals surface area contributed by atoms with Gasteiger partial charge in [-0.15, -0.1) is 0 Å². The first kappa shape index (κ1) is 12.2. The third-order valence-electron chi connectivity index (χ3n) is 2.64. The van der Waals surface area contributed by atoms with Crippen molar-refractivity contribution in [3.8, 4) is 5.75 Å². The van der Waals surface area contributed by atoms with Gasteiger partial charge in [0.05, 0.1) is 7.11 Å². The molecule has 1 aromatic heterocycles. The second-order valence-corrected chi connectivity index (χ2v) is 3.82. The van der Waals surface area contributed by atoms with Crippen molar-refractivity contribution >= 4 is 5.76 Å². The maximum absolute atomic E-state index is 9.90. The summed E-state index contributed by atoms with van der Waals surface area (Å²) in [5.74, 6) is 1.00. The fourth-order valence-corrected chi connectivity index (χ4v) is 1.70. The third kappa shape index (κ3) is 2.88. The Kier molecular flexibility index (Phi) is 3.97. The van der Waals surface area contributed by atoms with Crippen molar-refractivity contribution in [3.63, 3.8) is 0 Å². The average molecular weight is 241 g/mol. The molecule has 1 N–H and O–H groups in total. The molecule has 0 amide bonds. The SMILES string of the molecule is COc1ccccc1C/C=C(/O)c1ccccn1. The van der Waals surface area contributed by atoms with Crippen molar-refractivity contribution in [3.05, 3.63) is 66.0 Å². The standard InChI is InChI=1S/C15H15NO2/c1-18-15-8-3-2-6-12(15)9-10-14(17)13-7-4-5-11-16-13/h2-8,10-11,17H,9H2,1H3/b14-10+. The molecule has 1 aromatic carbocycles. The van der Waals surface area contributed by atoms with E-state index in [-0.39, 0.29) is 5.76 Å². The summed E-state index contributed by atoms with van der Waals surface area (Å²) in [4.78, 5) is 4.08. The molecule has 0 aliphatic carbocycles. The highest BCUT2D eigenvalue weighted by atomic mass is 16.5. The predicted octanol–water partition coefficient (Wildman–Crippen LogP) is 3.23. The van der Waals surface area contributed by atoms with Gasteiger partial charge < -0.3 is 9.84 Å². The molecule has 0 bridgehead atoms. The topological polar surface area (TPSA) is 42.4 Å². The predicted molar refractivity (Wildman–Crippen MR) is 71.5 cm³/mol. The smallest absolute Gasteiger partial charge is 0.137 e. The Bertz CT molecular complexity index is 535. The molecule has 0 aliphatic rings. The van der Waals surface area contributed by atoms with E-state index in [1.54, 1.807) is 25.4 Å². The van der Waals surface area contributed by atoms with Crippen molar-refractivity contribution in [2.24, 2.45) is 0 Å². The first-order valence-electron chi connectivity index (χ1n) is 5.73. The summed E-state index contributed by atoms with van der Waals surface area (Å²) in [6.07, 6.45) is 4.00. The highest BCUT2D eigenvalue weighted by Gasteiger charge is 2.02. The molecule has 2 aromatic rings. The first-order chi connectivity index (χ1) is 8.81. The largest absolute Gasteiger partial charge is 0.506 e. The van der Waals surface area contributed by atoms with E-state index in [4.69, 9.17) is 4.74 Å². The molecule has 0 saturated heterocycles. The molecule has 0 spiro atoms. The minimum Gasteiger partial charge on any atom is -0.506 e. The maximum atomic E-state index is 9.90. The second-order valence-electron chi connectivity index (χ2n) is 3.82. The van der Waals surface area contributed by atoms with Crippen molar-refractivity contribution in [1.29, 1.82) is 0 Å². The number of aromatic nitrogens is 1. The molecule has 0 unspecified atom stereocenters. The number of para-hydroxylation sites is 1. The summed E-state index contributed by atoms with van der Waals surface area (Å²) in [7, 11) is 1.64.